The standard InChI is InChI=1S/C25H17Cl3N2O4S/c1-33-20-10-5-14(11-15(20)13-34-21-4-2-3-19(27)22(21)28)12-18-23(31)29-25(35)30(24(18)32)17-8-6-16(26)7-9-17/h2-12H,13H2,1H3,(H,29,31,35). The van der Waals surface area contributed by atoms with Gasteiger partial charge in [0.25, 0.3) is 11.8 Å². The fourth-order valence-corrected chi connectivity index (χ4v) is 4.15. The quantitative estimate of drug-likeness (QED) is 0.231. The van der Waals surface area contributed by atoms with Gasteiger partial charge < -0.3 is 9.47 Å². The lowest BCUT2D eigenvalue weighted by Crippen LogP contribution is -2.54. The molecule has 1 fully saturated rings. The van der Waals surface area contributed by atoms with E-state index in [1.54, 1.807) is 60.7 Å². The maximum absolute atomic E-state index is 13.2. The molecule has 10 heteroatoms. The summed E-state index contributed by atoms with van der Waals surface area (Å²) >= 11 is 23.4. The van der Waals surface area contributed by atoms with Crippen molar-refractivity contribution < 1.29 is 19.1 Å². The van der Waals surface area contributed by atoms with Gasteiger partial charge in [-0.2, -0.15) is 0 Å². The summed E-state index contributed by atoms with van der Waals surface area (Å²) in [5.41, 5.74) is 1.66. The number of rotatable bonds is 6. The molecule has 6 nitrogen and oxygen atoms in total. The van der Waals surface area contributed by atoms with Gasteiger partial charge >= 0.3 is 0 Å². The molecule has 0 unspecified atom stereocenters. The van der Waals surface area contributed by atoms with E-state index in [-0.39, 0.29) is 17.3 Å². The summed E-state index contributed by atoms with van der Waals surface area (Å²) in [6, 6.07) is 16.8. The molecule has 0 bridgehead atoms. The van der Waals surface area contributed by atoms with Crippen LogP contribution in [0.2, 0.25) is 15.1 Å². The van der Waals surface area contributed by atoms with Gasteiger partial charge in [-0.3, -0.25) is 19.8 Å². The number of amides is 2. The summed E-state index contributed by atoms with van der Waals surface area (Å²) in [5, 5.41) is 3.73. The molecule has 0 radical (unpaired) electrons. The van der Waals surface area contributed by atoms with Gasteiger partial charge in [0.2, 0.25) is 0 Å². The lowest BCUT2D eigenvalue weighted by molar-refractivity contribution is -0.122. The number of nitrogens with one attached hydrogen (secondary N) is 1. The summed E-state index contributed by atoms with van der Waals surface area (Å²) in [7, 11) is 1.53. The largest absolute Gasteiger partial charge is 0.496 e. The molecule has 4 rings (SSSR count). The maximum Gasteiger partial charge on any atom is 0.270 e. The Labute approximate surface area is 222 Å². The van der Waals surface area contributed by atoms with Crippen LogP contribution in [0.4, 0.5) is 5.69 Å². The highest BCUT2D eigenvalue weighted by molar-refractivity contribution is 7.80. The minimum atomic E-state index is -0.593. The number of carbonyl (C=O) groups is 2. The first-order valence-electron chi connectivity index (χ1n) is 10.2. The first-order chi connectivity index (χ1) is 16.8. The number of halogens is 3. The summed E-state index contributed by atoms with van der Waals surface area (Å²) in [6.07, 6.45) is 1.48. The molecule has 178 valence electrons. The summed E-state index contributed by atoms with van der Waals surface area (Å²) < 4.78 is 11.3. The smallest absolute Gasteiger partial charge is 0.270 e. The number of hydrogen-bond donors (Lipinski definition) is 1. The fraction of sp³-hybridized carbons (Fsp3) is 0.0800. The molecule has 0 spiro atoms. The van der Waals surface area contributed by atoms with Crippen LogP contribution in [-0.4, -0.2) is 24.0 Å². The van der Waals surface area contributed by atoms with E-state index in [1.165, 1.54) is 18.1 Å². The van der Waals surface area contributed by atoms with Crippen molar-refractivity contribution in [3.63, 3.8) is 0 Å². The van der Waals surface area contributed by atoms with Crippen molar-refractivity contribution in [2.24, 2.45) is 0 Å². The van der Waals surface area contributed by atoms with Gasteiger partial charge in [0, 0.05) is 10.6 Å². The lowest BCUT2D eigenvalue weighted by atomic mass is 10.0. The van der Waals surface area contributed by atoms with Crippen LogP contribution in [0.3, 0.4) is 0 Å². The summed E-state index contributed by atoms with van der Waals surface area (Å²) in [4.78, 5) is 27.1. The Kier molecular flexibility index (Phi) is 7.62. The number of anilines is 1. The van der Waals surface area contributed by atoms with Gasteiger partial charge in [-0.25, -0.2) is 0 Å². The normalized spacial score (nSPS) is 14.8. The van der Waals surface area contributed by atoms with Crippen molar-refractivity contribution in [1.29, 1.82) is 0 Å². The first-order valence-corrected chi connectivity index (χ1v) is 11.7. The first kappa shape index (κ1) is 25.0. The molecule has 3 aromatic rings. The molecule has 0 aliphatic carbocycles. The van der Waals surface area contributed by atoms with E-state index in [9.17, 15) is 9.59 Å². The van der Waals surface area contributed by atoms with E-state index < -0.39 is 11.8 Å². The molecule has 0 atom stereocenters. The third-order valence-electron chi connectivity index (χ3n) is 5.10. The maximum atomic E-state index is 13.2. The van der Waals surface area contributed by atoms with Crippen LogP contribution in [0.1, 0.15) is 11.1 Å². The third-order valence-corrected chi connectivity index (χ3v) is 6.44. The zero-order valence-corrected chi connectivity index (χ0v) is 21.3. The van der Waals surface area contributed by atoms with Crippen LogP contribution >= 0.6 is 47.0 Å². The van der Waals surface area contributed by atoms with E-state index in [2.05, 4.69) is 5.32 Å². The second-order valence-corrected chi connectivity index (χ2v) is 8.95. The Hall–Kier alpha value is -3.10. The van der Waals surface area contributed by atoms with Crippen LogP contribution in [0, 0.1) is 0 Å². The van der Waals surface area contributed by atoms with E-state index >= 15 is 0 Å². The highest BCUT2D eigenvalue weighted by Crippen LogP contribution is 2.33. The van der Waals surface area contributed by atoms with Crippen molar-refractivity contribution in [3.8, 4) is 11.5 Å². The minimum Gasteiger partial charge on any atom is -0.496 e. The number of benzene rings is 3. The van der Waals surface area contributed by atoms with Gasteiger partial charge in [0.15, 0.2) is 5.11 Å². The highest BCUT2D eigenvalue weighted by Gasteiger charge is 2.34. The third kappa shape index (κ3) is 5.44. The van der Waals surface area contributed by atoms with Gasteiger partial charge in [0.05, 0.1) is 17.8 Å². The zero-order valence-electron chi connectivity index (χ0n) is 18.2. The van der Waals surface area contributed by atoms with Crippen molar-refractivity contribution in [2.45, 2.75) is 6.61 Å². The number of hydrogen-bond acceptors (Lipinski definition) is 5. The van der Waals surface area contributed by atoms with E-state index in [1.807, 2.05) is 0 Å². The van der Waals surface area contributed by atoms with E-state index in [0.717, 1.165) is 0 Å². The molecule has 1 aliphatic rings. The van der Waals surface area contributed by atoms with Gasteiger partial charge in [-0.05, 0) is 72.4 Å². The Balaban J connectivity index is 1.64. The molecular formula is C25H17Cl3N2O4S. The van der Waals surface area contributed by atoms with E-state index in [0.29, 0.717) is 43.4 Å². The predicted octanol–water partition coefficient (Wildman–Crippen LogP) is 6.07. The zero-order chi connectivity index (χ0) is 25.1. The SMILES string of the molecule is COc1ccc(C=C2C(=O)NC(=S)N(c3ccc(Cl)cc3)C2=O)cc1COc1cccc(Cl)c1Cl. The summed E-state index contributed by atoms with van der Waals surface area (Å²) in [5.74, 6) is -0.169. The second-order valence-electron chi connectivity index (χ2n) is 7.35. The van der Waals surface area contributed by atoms with Crippen LogP contribution in [0.15, 0.2) is 66.2 Å². The van der Waals surface area contributed by atoms with Gasteiger partial charge in [0.1, 0.15) is 28.7 Å². The monoisotopic (exact) mass is 546 g/mol. The van der Waals surface area contributed by atoms with Crippen molar-refractivity contribution >= 4 is 75.7 Å². The number of carbonyl (C=O) groups excluding carboxylic acids is 2. The highest BCUT2D eigenvalue weighted by atomic mass is 35.5. The molecule has 1 aliphatic heterocycles. The lowest BCUT2D eigenvalue weighted by Gasteiger charge is -2.29. The Morgan fingerprint density at radius 3 is 2.46 bits per heavy atom. The molecule has 35 heavy (non-hydrogen) atoms. The molecule has 1 N–H and O–H groups in total. The molecule has 0 aromatic heterocycles. The van der Waals surface area contributed by atoms with Crippen LogP contribution in [0.25, 0.3) is 6.08 Å². The average Bonchev–Trinajstić information content (AvgIpc) is 2.84. The number of thiocarbonyl (C=S) groups is 1. The Bertz CT molecular complexity index is 1360. The number of methoxy groups -OCH3 is 1. The van der Waals surface area contributed by atoms with Crippen molar-refractivity contribution in [2.75, 3.05) is 12.0 Å². The summed E-state index contributed by atoms with van der Waals surface area (Å²) in [6.45, 7) is 0.112. The molecule has 1 saturated heterocycles. The molecular weight excluding hydrogens is 531 g/mol. The van der Waals surface area contributed by atoms with Crippen LogP contribution in [0.5, 0.6) is 11.5 Å². The molecule has 3 aromatic carbocycles. The molecule has 1 heterocycles. The van der Waals surface area contributed by atoms with Crippen molar-refractivity contribution in [1.82, 2.24) is 5.32 Å². The molecule has 2 amide bonds. The second kappa shape index (κ2) is 10.7. The fourth-order valence-electron chi connectivity index (χ4n) is 3.40. The van der Waals surface area contributed by atoms with Crippen LogP contribution < -0.4 is 19.7 Å². The average molecular weight is 548 g/mol. The van der Waals surface area contributed by atoms with Crippen LogP contribution in [-0.2, 0) is 16.2 Å². The van der Waals surface area contributed by atoms with Gasteiger partial charge in [-0.15, -0.1) is 0 Å². The number of ether oxygens (including phenoxy) is 2. The van der Waals surface area contributed by atoms with E-state index in [4.69, 9.17) is 56.5 Å². The Morgan fingerprint density at radius 1 is 1.00 bits per heavy atom. The topological polar surface area (TPSA) is 67.9 Å². The predicted molar refractivity (Wildman–Crippen MR) is 141 cm³/mol. The Morgan fingerprint density at radius 2 is 1.74 bits per heavy atom. The minimum absolute atomic E-state index is 0.0123. The van der Waals surface area contributed by atoms with Gasteiger partial charge in [-0.1, -0.05) is 46.9 Å². The molecule has 0 saturated carbocycles. The number of nitrogens with zero attached hydrogens (tertiary/aromatic N) is 1. The van der Waals surface area contributed by atoms with Crippen molar-refractivity contribution in [3.05, 3.63) is 92.4 Å².